The first-order valence-corrected chi connectivity index (χ1v) is 7.84. The molecule has 1 saturated carbocycles. The fourth-order valence-electron chi connectivity index (χ4n) is 2.44. The summed E-state index contributed by atoms with van der Waals surface area (Å²) in [6, 6.07) is 6.49. The van der Waals surface area contributed by atoms with Crippen molar-refractivity contribution in [2.24, 2.45) is 0 Å². The Labute approximate surface area is 127 Å². The second-order valence-electron chi connectivity index (χ2n) is 6.16. The number of nitrogens with one attached hydrogen (secondary N) is 1. The summed E-state index contributed by atoms with van der Waals surface area (Å²) >= 11 is 0. The minimum atomic E-state index is -0.105. The van der Waals surface area contributed by atoms with Crippen molar-refractivity contribution in [2.45, 2.75) is 51.9 Å². The topological polar surface area (TPSA) is 24.5 Å². The van der Waals surface area contributed by atoms with E-state index in [1.807, 2.05) is 12.1 Å². The van der Waals surface area contributed by atoms with Gasteiger partial charge in [0.05, 0.1) is 6.61 Å². The number of hydrogen-bond acceptors (Lipinski definition) is 3. The number of rotatable bonds is 9. The Morgan fingerprint density at radius 2 is 2.14 bits per heavy atom. The quantitative estimate of drug-likeness (QED) is 0.758. The normalized spacial score (nSPS) is 15.1. The summed E-state index contributed by atoms with van der Waals surface area (Å²) in [5.41, 5.74) is 1.93. The summed E-state index contributed by atoms with van der Waals surface area (Å²) in [5, 5.41) is 3.38. The first-order chi connectivity index (χ1) is 10.1. The van der Waals surface area contributed by atoms with Crippen molar-refractivity contribution in [2.75, 3.05) is 20.3 Å². The van der Waals surface area contributed by atoms with Gasteiger partial charge < -0.3 is 10.1 Å². The average Bonchev–Trinajstić information content (AvgIpc) is 3.28. The lowest BCUT2D eigenvalue weighted by Crippen LogP contribution is -2.29. The first kappa shape index (κ1) is 16.4. The maximum Gasteiger partial charge on any atom is 0.127 e. The van der Waals surface area contributed by atoms with Crippen molar-refractivity contribution in [3.8, 4) is 0 Å². The van der Waals surface area contributed by atoms with Gasteiger partial charge in [-0.2, -0.15) is 0 Å². The number of benzene rings is 1. The first-order valence-electron chi connectivity index (χ1n) is 7.84. The van der Waals surface area contributed by atoms with E-state index in [1.54, 1.807) is 13.2 Å². The summed E-state index contributed by atoms with van der Waals surface area (Å²) < 4.78 is 19.2. The molecule has 0 amide bonds. The molecule has 1 aliphatic rings. The molecule has 0 bridgehead atoms. The van der Waals surface area contributed by atoms with E-state index >= 15 is 0 Å². The summed E-state index contributed by atoms with van der Waals surface area (Å²) in [6.45, 7) is 7.26. The third-order valence-corrected chi connectivity index (χ3v) is 3.84. The van der Waals surface area contributed by atoms with Gasteiger partial charge in [0, 0.05) is 44.4 Å². The molecule has 118 valence electrons. The molecule has 1 N–H and O–H groups in total. The molecule has 0 radical (unpaired) electrons. The minimum Gasteiger partial charge on any atom is -0.383 e. The third kappa shape index (κ3) is 5.38. The van der Waals surface area contributed by atoms with Crippen LogP contribution in [-0.2, 0) is 17.8 Å². The van der Waals surface area contributed by atoms with Crippen molar-refractivity contribution in [1.82, 2.24) is 10.2 Å². The van der Waals surface area contributed by atoms with Gasteiger partial charge in [-0.05, 0) is 24.5 Å². The zero-order valence-electron chi connectivity index (χ0n) is 13.4. The van der Waals surface area contributed by atoms with Crippen molar-refractivity contribution < 1.29 is 9.13 Å². The van der Waals surface area contributed by atoms with Crippen LogP contribution in [0.1, 0.15) is 37.8 Å². The summed E-state index contributed by atoms with van der Waals surface area (Å²) in [5.74, 6) is -0.105. The van der Waals surface area contributed by atoms with Gasteiger partial charge in [0.2, 0.25) is 0 Å². The zero-order valence-corrected chi connectivity index (χ0v) is 13.4. The van der Waals surface area contributed by atoms with Gasteiger partial charge in [-0.25, -0.2) is 4.39 Å². The molecule has 0 spiro atoms. The zero-order chi connectivity index (χ0) is 15.2. The molecule has 0 aliphatic heterocycles. The van der Waals surface area contributed by atoms with Crippen LogP contribution in [0.25, 0.3) is 0 Å². The lowest BCUT2D eigenvalue weighted by Gasteiger charge is -2.22. The van der Waals surface area contributed by atoms with E-state index in [-0.39, 0.29) is 5.82 Å². The summed E-state index contributed by atoms with van der Waals surface area (Å²) in [7, 11) is 1.71. The Balaban J connectivity index is 2.01. The molecule has 1 fully saturated rings. The second kappa shape index (κ2) is 7.87. The van der Waals surface area contributed by atoms with Gasteiger partial charge in [0.1, 0.15) is 5.82 Å². The molecule has 2 rings (SSSR count). The summed E-state index contributed by atoms with van der Waals surface area (Å²) in [6.07, 6.45) is 2.44. The Bertz CT molecular complexity index is 446. The van der Waals surface area contributed by atoms with Crippen LogP contribution >= 0.6 is 0 Å². The van der Waals surface area contributed by atoms with E-state index in [0.717, 1.165) is 24.2 Å². The number of ether oxygens (including phenoxy) is 1. The highest BCUT2D eigenvalue weighted by Gasteiger charge is 2.29. The second-order valence-corrected chi connectivity index (χ2v) is 6.16. The molecule has 3 nitrogen and oxygen atoms in total. The minimum absolute atomic E-state index is 0.105. The smallest absolute Gasteiger partial charge is 0.127 e. The van der Waals surface area contributed by atoms with Crippen molar-refractivity contribution in [3.05, 3.63) is 35.1 Å². The highest BCUT2D eigenvalue weighted by Crippen LogP contribution is 2.28. The van der Waals surface area contributed by atoms with Gasteiger partial charge in [0.15, 0.2) is 0 Å². The van der Waals surface area contributed by atoms with Crippen molar-refractivity contribution in [3.63, 3.8) is 0 Å². The van der Waals surface area contributed by atoms with Crippen LogP contribution < -0.4 is 5.32 Å². The maximum atomic E-state index is 14.1. The highest BCUT2D eigenvalue weighted by molar-refractivity contribution is 5.25. The molecule has 0 saturated heterocycles. The molecule has 0 atom stereocenters. The Morgan fingerprint density at radius 1 is 1.38 bits per heavy atom. The van der Waals surface area contributed by atoms with E-state index in [2.05, 4.69) is 24.1 Å². The van der Waals surface area contributed by atoms with E-state index in [1.165, 1.54) is 12.8 Å². The molecular weight excluding hydrogens is 267 g/mol. The van der Waals surface area contributed by atoms with Crippen LogP contribution in [0.3, 0.4) is 0 Å². The van der Waals surface area contributed by atoms with Crippen LogP contribution in [0, 0.1) is 5.82 Å². The number of methoxy groups -OCH3 is 1. The van der Waals surface area contributed by atoms with Crippen LogP contribution in [0.2, 0.25) is 0 Å². The van der Waals surface area contributed by atoms with Gasteiger partial charge >= 0.3 is 0 Å². The summed E-state index contributed by atoms with van der Waals surface area (Å²) in [4.78, 5) is 2.33. The van der Waals surface area contributed by atoms with Gasteiger partial charge in [0.25, 0.3) is 0 Å². The largest absolute Gasteiger partial charge is 0.383 e. The van der Waals surface area contributed by atoms with Crippen molar-refractivity contribution >= 4 is 0 Å². The third-order valence-electron chi connectivity index (χ3n) is 3.84. The van der Waals surface area contributed by atoms with Crippen LogP contribution in [0.5, 0.6) is 0 Å². The SMILES string of the molecule is COCCN(Cc1cc(CNC(C)C)ccc1F)C1CC1. The standard InChI is InChI=1S/C17H27FN2O/c1-13(2)19-11-14-4-7-17(18)15(10-14)12-20(8-9-21-3)16-5-6-16/h4,7,10,13,16,19H,5-6,8-9,11-12H2,1-3H3. The van der Waals surface area contributed by atoms with Gasteiger partial charge in [-0.3, -0.25) is 4.90 Å². The Morgan fingerprint density at radius 3 is 2.76 bits per heavy atom. The number of nitrogens with zero attached hydrogens (tertiary/aromatic N) is 1. The lowest BCUT2D eigenvalue weighted by atomic mass is 10.1. The predicted molar refractivity (Wildman–Crippen MR) is 83.7 cm³/mol. The molecule has 1 aromatic rings. The van der Waals surface area contributed by atoms with Gasteiger partial charge in [-0.1, -0.05) is 26.0 Å². The Hall–Kier alpha value is -0.970. The van der Waals surface area contributed by atoms with E-state index < -0.39 is 0 Å². The molecule has 4 heteroatoms. The molecule has 1 aliphatic carbocycles. The fraction of sp³-hybridized carbons (Fsp3) is 0.647. The highest BCUT2D eigenvalue weighted by atomic mass is 19.1. The van der Waals surface area contributed by atoms with Gasteiger partial charge in [-0.15, -0.1) is 0 Å². The van der Waals surface area contributed by atoms with Crippen LogP contribution in [0.15, 0.2) is 18.2 Å². The van der Waals surface area contributed by atoms with Crippen molar-refractivity contribution in [1.29, 1.82) is 0 Å². The van der Waals surface area contributed by atoms with Crippen LogP contribution in [-0.4, -0.2) is 37.2 Å². The van der Waals surface area contributed by atoms with E-state index in [0.29, 0.717) is 25.2 Å². The van der Waals surface area contributed by atoms with E-state index in [4.69, 9.17) is 4.74 Å². The average molecular weight is 294 g/mol. The molecule has 1 aromatic carbocycles. The lowest BCUT2D eigenvalue weighted by molar-refractivity contribution is 0.139. The van der Waals surface area contributed by atoms with Crippen LogP contribution in [0.4, 0.5) is 4.39 Å². The predicted octanol–water partition coefficient (Wildman–Crippen LogP) is 2.93. The molecule has 0 heterocycles. The fourth-order valence-corrected chi connectivity index (χ4v) is 2.44. The molecular formula is C17H27FN2O. The number of halogens is 1. The van der Waals surface area contributed by atoms with E-state index in [9.17, 15) is 4.39 Å². The number of hydrogen-bond donors (Lipinski definition) is 1. The molecule has 0 unspecified atom stereocenters. The molecule has 21 heavy (non-hydrogen) atoms. The molecule has 0 aromatic heterocycles. The maximum absolute atomic E-state index is 14.1. The monoisotopic (exact) mass is 294 g/mol. The Kier molecular flexibility index (Phi) is 6.15.